The van der Waals surface area contributed by atoms with Crippen molar-refractivity contribution < 1.29 is 9.47 Å². The van der Waals surface area contributed by atoms with Gasteiger partial charge in [-0.05, 0) is 25.0 Å². The molecule has 3 aromatic rings. The molecule has 27 heavy (non-hydrogen) atoms. The molecule has 0 amide bonds. The Bertz CT molecular complexity index is 918. The van der Waals surface area contributed by atoms with Gasteiger partial charge in [-0.25, -0.2) is 15.0 Å². The van der Waals surface area contributed by atoms with Gasteiger partial charge in [0.15, 0.2) is 17.6 Å². The van der Waals surface area contributed by atoms with Crippen LogP contribution in [0.15, 0.2) is 49.1 Å². The fourth-order valence-electron chi connectivity index (χ4n) is 3.61. The largest absolute Gasteiger partial charge is 0.486 e. The summed E-state index contributed by atoms with van der Waals surface area (Å²) in [4.78, 5) is 15.8. The lowest BCUT2D eigenvalue weighted by Crippen LogP contribution is -2.33. The maximum atomic E-state index is 6.07. The molecular formula is C20H21N5O2. The molecular weight excluding hydrogens is 342 g/mol. The smallest absolute Gasteiger partial charge is 0.225 e. The van der Waals surface area contributed by atoms with Crippen molar-refractivity contribution in [2.75, 3.05) is 24.6 Å². The predicted octanol–water partition coefficient (Wildman–Crippen LogP) is 2.78. The highest BCUT2D eigenvalue weighted by Crippen LogP contribution is 2.31. The van der Waals surface area contributed by atoms with E-state index < -0.39 is 0 Å². The number of hydrogen-bond donors (Lipinski definition) is 0. The van der Waals surface area contributed by atoms with Gasteiger partial charge in [-0.1, -0.05) is 12.1 Å². The second kappa shape index (κ2) is 6.90. The second-order valence-electron chi connectivity index (χ2n) is 6.87. The average Bonchev–Trinajstić information content (AvgIpc) is 3.40. The molecule has 0 spiro atoms. The summed E-state index contributed by atoms with van der Waals surface area (Å²) in [6, 6.07) is 7.75. The van der Waals surface area contributed by atoms with Crippen molar-refractivity contribution in [3.8, 4) is 22.9 Å². The summed E-state index contributed by atoms with van der Waals surface area (Å²) in [6.45, 7) is 3.24. The maximum Gasteiger partial charge on any atom is 0.225 e. The third kappa shape index (κ3) is 3.20. The van der Waals surface area contributed by atoms with Crippen LogP contribution in [0.5, 0.6) is 11.5 Å². The molecule has 1 saturated heterocycles. The monoisotopic (exact) mass is 363 g/mol. The topological polar surface area (TPSA) is 65.3 Å². The molecule has 1 fully saturated rings. The lowest BCUT2D eigenvalue weighted by Gasteiger charge is -2.27. The first-order chi connectivity index (χ1) is 13.4. The van der Waals surface area contributed by atoms with Gasteiger partial charge in [-0.15, -0.1) is 0 Å². The zero-order valence-corrected chi connectivity index (χ0v) is 15.0. The van der Waals surface area contributed by atoms with Crippen molar-refractivity contribution in [2.45, 2.75) is 25.5 Å². The van der Waals surface area contributed by atoms with Crippen molar-refractivity contribution in [2.24, 2.45) is 0 Å². The summed E-state index contributed by atoms with van der Waals surface area (Å²) in [5.41, 5.74) is 0.903. The first-order valence-electron chi connectivity index (χ1n) is 9.34. The van der Waals surface area contributed by atoms with E-state index in [2.05, 4.69) is 24.4 Å². The van der Waals surface area contributed by atoms with Crippen LogP contribution >= 0.6 is 0 Å². The Morgan fingerprint density at radius 2 is 1.78 bits per heavy atom. The summed E-state index contributed by atoms with van der Waals surface area (Å²) in [5.74, 6) is 3.22. The summed E-state index contributed by atoms with van der Waals surface area (Å²) < 4.78 is 14.0. The fraction of sp³-hybridized carbons (Fsp3) is 0.350. The number of rotatable bonds is 4. The van der Waals surface area contributed by atoms with Gasteiger partial charge in [0.25, 0.3) is 0 Å². The molecule has 2 aliphatic rings. The van der Waals surface area contributed by atoms with Crippen LogP contribution in [0.25, 0.3) is 11.4 Å². The van der Waals surface area contributed by atoms with E-state index in [0.717, 1.165) is 41.9 Å². The molecule has 138 valence electrons. The number of hydrogen-bond acceptors (Lipinski definition) is 6. The maximum absolute atomic E-state index is 6.07. The normalized spacial score (nSPS) is 18.7. The molecule has 7 heteroatoms. The third-order valence-electron chi connectivity index (χ3n) is 4.97. The Morgan fingerprint density at radius 1 is 1.00 bits per heavy atom. The molecule has 0 unspecified atom stereocenters. The van der Waals surface area contributed by atoms with Crippen LogP contribution in [0, 0.1) is 0 Å². The van der Waals surface area contributed by atoms with E-state index in [1.54, 1.807) is 6.20 Å². The summed E-state index contributed by atoms with van der Waals surface area (Å²) in [5, 5.41) is 0. The van der Waals surface area contributed by atoms with Crippen molar-refractivity contribution in [3.05, 3.63) is 49.1 Å². The highest BCUT2D eigenvalue weighted by Gasteiger charge is 2.22. The van der Waals surface area contributed by atoms with Crippen molar-refractivity contribution in [1.29, 1.82) is 0 Å². The van der Waals surface area contributed by atoms with Gasteiger partial charge in [-0.2, -0.15) is 0 Å². The summed E-state index contributed by atoms with van der Waals surface area (Å²) in [6.07, 6.45) is 9.80. The van der Waals surface area contributed by atoms with E-state index in [1.165, 1.54) is 12.8 Å². The molecule has 0 aliphatic carbocycles. The van der Waals surface area contributed by atoms with Crippen LogP contribution in [0.3, 0.4) is 0 Å². The Labute approximate surface area is 157 Å². The van der Waals surface area contributed by atoms with Crippen LogP contribution in [0.4, 0.5) is 5.95 Å². The number of nitrogens with zero attached hydrogens (tertiary/aromatic N) is 5. The fourth-order valence-corrected chi connectivity index (χ4v) is 3.61. The Balaban J connectivity index is 1.32. The molecule has 5 rings (SSSR count). The molecule has 0 radical (unpaired) electrons. The van der Waals surface area contributed by atoms with Crippen LogP contribution in [-0.4, -0.2) is 45.3 Å². The van der Waals surface area contributed by atoms with Crippen LogP contribution in [-0.2, 0) is 6.54 Å². The standard InChI is InChI=1S/C20H21N5O2/c1-2-6-18-17(5-1)26-14-16(27-18)13-25-10-7-21-19(25)15-11-22-20(23-12-15)24-8-3-4-9-24/h1-2,5-7,10-12,16H,3-4,8-9,13-14H2/t16-/m0/s1. The van der Waals surface area contributed by atoms with E-state index in [9.17, 15) is 0 Å². The molecule has 2 aliphatic heterocycles. The summed E-state index contributed by atoms with van der Waals surface area (Å²) >= 11 is 0. The van der Waals surface area contributed by atoms with Gasteiger partial charge in [-0.3, -0.25) is 0 Å². The third-order valence-corrected chi connectivity index (χ3v) is 4.97. The number of fused-ring (bicyclic) bond motifs is 1. The van der Waals surface area contributed by atoms with E-state index in [-0.39, 0.29) is 6.10 Å². The summed E-state index contributed by atoms with van der Waals surface area (Å²) in [7, 11) is 0. The molecule has 0 bridgehead atoms. The number of benzene rings is 1. The first-order valence-corrected chi connectivity index (χ1v) is 9.34. The van der Waals surface area contributed by atoms with Crippen LogP contribution in [0.2, 0.25) is 0 Å². The van der Waals surface area contributed by atoms with Gasteiger partial charge in [0.2, 0.25) is 5.95 Å². The van der Waals surface area contributed by atoms with E-state index in [1.807, 2.05) is 42.9 Å². The zero-order valence-electron chi connectivity index (χ0n) is 15.0. The lowest BCUT2D eigenvalue weighted by molar-refractivity contribution is 0.0788. The van der Waals surface area contributed by atoms with Gasteiger partial charge in [0, 0.05) is 37.9 Å². The quantitative estimate of drug-likeness (QED) is 0.710. The number of ether oxygens (including phenoxy) is 2. The number of imidazole rings is 1. The Morgan fingerprint density at radius 3 is 2.59 bits per heavy atom. The minimum atomic E-state index is -0.0716. The highest BCUT2D eigenvalue weighted by molar-refractivity contribution is 5.54. The molecule has 0 N–H and O–H groups in total. The number of para-hydroxylation sites is 2. The highest BCUT2D eigenvalue weighted by atomic mass is 16.6. The SMILES string of the molecule is c1ccc2c(c1)OC[C@H](Cn1ccnc1-c1cnc(N3CCCC3)nc1)O2. The van der Waals surface area contributed by atoms with E-state index >= 15 is 0 Å². The van der Waals surface area contributed by atoms with Gasteiger partial charge in [0.05, 0.1) is 12.1 Å². The molecule has 2 aromatic heterocycles. The van der Waals surface area contributed by atoms with Gasteiger partial charge < -0.3 is 18.9 Å². The van der Waals surface area contributed by atoms with E-state index in [4.69, 9.17) is 9.47 Å². The second-order valence-corrected chi connectivity index (χ2v) is 6.87. The number of aromatic nitrogens is 4. The van der Waals surface area contributed by atoms with Gasteiger partial charge >= 0.3 is 0 Å². The minimum Gasteiger partial charge on any atom is -0.486 e. The van der Waals surface area contributed by atoms with Crippen molar-refractivity contribution >= 4 is 5.95 Å². The van der Waals surface area contributed by atoms with Gasteiger partial charge in [0.1, 0.15) is 12.4 Å². The molecule has 7 nitrogen and oxygen atoms in total. The Kier molecular flexibility index (Phi) is 4.12. The predicted molar refractivity (Wildman–Crippen MR) is 101 cm³/mol. The number of anilines is 1. The zero-order chi connectivity index (χ0) is 18.1. The van der Waals surface area contributed by atoms with E-state index in [0.29, 0.717) is 13.2 Å². The average molecular weight is 363 g/mol. The van der Waals surface area contributed by atoms with Crippen molar-refractivity contribution in [3.63, 3.8) is 0 Å². The Hall–Kier alpha value is -3.09. The molecule has 4 heterocycles. The molecule has 1 aromatic carbocycles. The van der Waals surface area contributed by atoms with Crippen LogP contribution < -0.4 is 14.4 Å². The van der Waals surface area contributed by atoms with Crippen molar-refractivity contribution in [1.82, 2.24) is 19.5 Å². The molecule has 0 saturated carbocycles. The molecule has 1 atom stereocenters. The minimum absolute atomic E-state index is 0.0716. The lowest BCUT2D eigenvalue weighted by atomic mass is 10.2. The first kappa shape index (κ1) is 16.1. The van der Waals surface area contributed by atoms with Crippen LogP contribution in [0.1, 0.15) is 12.8 Å².